The van der Waals surface area contributed by atoms with Crippen molar-refractivity contribution in [3.8, 4) is 5.75 Å². The first kappa shape index (κ1) is 15.8. The number of nitrogens with zero attached hydrogens (tertiary/aromatic N) is 1. The molecule has 116 valence electrons. The summed E-state index contributed by atoms with van der Waals surface area (Å²) in [6, 6.07) is 7.29. The number of hydrogen-bond donors (Lipinski definition) is 1. The summed E-state index contributed by atoms with van der Waals surface area (Å²) in [6.07, 6.45) is 0.480. The van der Waals surface area contributed by atoms with Gasteiger partial charge in [0.1, 0.15) is 5.75 Å². The fraction of sp³-hybridized carbons (Fsp3) is 0.500. The maximum Gasteiger partial charge on any atom is 0.260 e. The van der Waals surface area contributed by atoms with Crippen molar-refractivity contribution in [1.82, 2.24) is 4.90 Å². The summed E-state index contributed by atoms with van der Waals surface area (Å²) in [7, 11) is -3.01. The van der Waals surface area contributed by atoms with Crippen molar-refractivity contribution in [1.29, 1.82) is 0 Å². The molecule has 0 unspecified atom stereocenters. The molecule has 0 aromatic heterocycles. The Labute approximate surface area is 124 Å². The van der Waals surface area contributed by atoms with Crippen molar-refractivity contribution < 1.29 is 17.9 Å². The van der Waals surface area contributed by atoms with E-state index in [2.05, 4.69) is 0 Å². The second kappa shape index (κ2) is 6.91. The van der Waals surface area contributed by atoms with Gasteiger partial charge in [0, 0.05) is 25.2 Å². The van der Waals surface area contributed by atoms with Gasteiger partial charge in [-0.05, 0) is 12.5 Å². The smallest absolute Gasteiger partial charge is 0.260 e. The molecule has 1 heterocycles. The SMILES string of the molecule is NCc1ccccc1OCC(=O)N1CCCS(=O)(=O)CC1. The largest absolute Gasteiger partial charge is 0.483 e. The zero-order valence-corrected chi connectivity index (χ0v) is 12.6. The molecule has 2 N–H and O–H groups in total. The summed E-state index contributed by atoms with van der Waals surface area (Å²) in [6.45, 7) is 0.937. The molecule has 1 amide bonds. The molecule has 1 aromatic rings. The molecule has 1 aliphatic heterocycles. The molecule has 1 aromatic carbocycles. The quantitative estimate of drug-likeness (QED) is 0.856. The van der Waals surface area contributed by atoms with Crippen LogP contribution in [-0.4, -0.2) is 50.4 Å². The molecule has 21 heavy (non-hydrogen) atoms. The number of carbonyl (C=O) groups is 1. The molecule has 1 aliphatic rings. The van der Waals surface area contributed by atoms with Crippen LogP contribution in [0.25, 0.3) is 0 Å². The third-order valence-electron chi connectivity index (χ3n) is 3.45. The number of nitrogens with two attached hydrogens (primary N) is 1. The van der Waals surface area contributed by atoms with E-state index in [9.17, 15) is 13.2 Å². The number of ether oxygens (including phenoxy) is 1. The van der Waals surface area contributed by atoms with Crippen LogP contribution in [0.2, 0.25) is 0 Å². The van der Waals surface area contributed by atoms with Gasteiger partial charge in [0.15, 0.2) is 16.4 Å². The number of benzene rings is 1. The number of sulfone groups is 1. The summed E-state index contributed by atoms with van der Waals surface area (Å²) < 4.78 is 28.6. The molecule has 0 bridgehead atoms. The molecule has 0 atom stereocenters. The lowest BCUT2D eigenvalue weighted by Gasteiger charge is -2.20. The second-order valence-electron chi connectivity index (χ2n) is 4.99. The third kappa shape index (κ3) is 4.44. The Morgan fingerprint density at radius 3 is 2.76 bits per heavy atom. The van der Waals surface area contributed by atoms with Crippen LogP contribution in [0.1, 0.15) is 12.0 Å². The number of rotatable bonds is 4. The van der Waals surface area contributed by atoms with Gasteiger partial charge in [-0.2, -0.15) is 0 Å². The molecule has 2 rings (SSSR count). The lowest BCUT2D eigenvalue weighted by molar-refractivity contribution is -0.133. The van der Waals surface area contributed by atoms with Crippen LogP contribution in [0.3, 0.4) is 0 Å². The topological polar surface area (TPSA) is 89.7 Å². The Morgan fingerprint density at radius 2 is 2.00 bits per heavy atom. The van der Waals surface area contributed by atoms with Gasteiger partial charge in [-0.25, -0.2) is 8.42 Å². The molecule has 0 spiro atoms. The zero-order valence-electron chi connectivity index (χ0n) is 11.8. The lowest BCUT2D eigenvalue weighted by atomic mass is 10.2. The third-order valence-corrected chi connectivity index (χ3v) is 5.17. The van der Waals surface area contributed by atoms with Crippen LogP contribution < -0.4 is 10.5 Å². The van der Waals surface area contributed by atoms with E-state index in [4.69, 9.17) is 10.5 Å². The summed E-state index contributed by atoms with van der Waals surface area (Å²) in [5, 5.41) is 0. The molecule has 7 heteroatoms. The molecule has 6 nitrogen and oxygen atoms in total. The van der Waals surface area contributed by atoms with Crippen molar-refractivity contribution in [3.05, 3.63) is 29.8 Å². The highest BCUT2D eigenvalue weighted by molar-refractivity contribution is 7.91. The average Bonchev–Trinajstić information content (AvgIpc) is 2.66. The van der Waals surface area contributed by atoms with Crippen LogP contribution >= 0.6 is 0 Å². The second-order valence-corrected chi connectivity index (χ2v) is 7.29. The molecule has 0 saturated carbocycles. The average molecular weight is 312 g/mol. The maximum absolute atomic E-state index is 12.1. The van der Waals surface area contributed by atoms with Gasteiger partial charge in [-0.15, -0.1) is 0 Å². The standard InChI is InChI=1S/C14H20N2O4S/c15-10-12-4-1-2-5-13(12)20-11-14(17)16-6-3-8-21(18,19)9-7-16/h1-2,4-5H,3,6-11,15H2. The van der Waals surface area contributed by atoms with Gasteiger partial charge in [0.2, 0.25) is 0 Å². The van der Waals surface area contributed by atoms with E-state index in [0.29, 0.717) is 25.3 Å². The minimum Gasteiger partial charge on any atom is -0.483 e. The first-order valence-corrected chi connectivity index (χ1v) is 8.73. The van der Waals surface area contributed by atoms with Crippen molar-refractivity contribution in [2.24, 2.45) is 5.73 Å². The van der Waals surface area contributed by atoms with E-state index in [0.717, 1.165) is 5.56 Å². The molecular weight excluding hydrogens is 292 g/mol. The first-order chi connectivity index (χ1) is 10.0. The maximum atomic E-state index is 12.1. The van der Waals surface area contributed by atoms with E-state index in [-0.39, 0.29) is 30.6 Å². The first-order valence-electron chi connectivity index (χ1n) is 6.91. The van der Waals surface area contributed by atoms with Crippen LogP contribution in [0.5, 0.6) is 5.75 Å². The Hall–Kier alpha value is -1.60. The Kier molecular flexibility index (Phi) is 5.19. The normalized spacial score (nSPS) is 18.0. The van der Waals surface area contributed by atoms with Gasteiger partial charge in [-0.1, -0.05) is 18.2 Å². The van der Waals surface area contributed by atoms with E-state index < -0.39 is 9.84 Å². The van der Waals surface area contributed by atoms with Crippen LogP contribution in [0, 0.1) is 0 Å². The fourth-order valence-electron chi connectivity index (χ4n) is 2.23. The summed E-state index contributed by atoms with van der Waals surface area (Å²) in [5.41, 5.74) is 6.45. The van der Waals surface area contributed by atoms with E-state index in [1.54, 1.807) is 11.0 Å². The van der Waals surface area contributed by atoms with Gasteiger partial charge in [-0.3, -0.25) is 4.79 Å². The van der Waals surface area contributed by atoms with Crippen molar-refractivity contribution in [3.63, 3.8) is 0 Å². The number of hydrogen-bond acceptors (Lipinski definition) is 5. The van der Waals surface area contributed by atoms with Gasteiger partial charge >= 0.3 is 0 Å². The zero-order chi connectivity index (χ0) is 15.3. The molecule has 0 aliphatic carbocycles. The Balaban J connectivity index is 1.92. The predicted molar refractivity (Wildman–Crippen MR) is 79.7 cm³/mol. The number of amides is 1. The highest BCUT2D eigenvalue weighted by Gasteiger charge is 2.22. The van der Waals surface area contributed by atoms with E-state index in [1.165, 1.54) is 0 Å². The molecule has 1 fully saturated rings. The minimum absolute atomic E-state index is 0.0259. The molecule has 1 saturated heterocycles. The van der Waals surface area contributed by atoms with Crippen molar-refractivity contribution in [2.45, 2.75) is 13.0 Å². The highest BCUT2D eigenvalue weighted by atomic mass is 32.2. The Bertz CT molecular complexity index is 601. The van der Waals surface area contributed by atoms with Crippen molar-refractivity contribution in [2.75, 3.05) is 31.2 Å². The molecular formula is C14H20N2O4S. The monoisotopic (exact) mass is 312 g/mol. The van der Waals surface area contributed by atoms with E-state index >= 15 is 0 Å². The number of carbonyl (C=O) groups excluding carboxylic acids is 1. The van der Waals surface area contributed by atoms with Crippen LogP contribution in [0.15, 0.2) is 24.3 Å². The van der Waals surface area contributed by atoms with Gasteiger partial charge in [0.05, 0.1) is 11.5 Å². The predicted octanol–water partition coefficient (Wildman–Crippen LogP) is 0.171. The number of para-hydroxylation sites is 1. The van der Waals surface area contributed by atoms with Crippen LogP contribution in [-0.2, 0) is 21.2 Å². The van der Waals surface area contributed by atoms with Gasteiger partial charge < -0.3 is 15.4 Å². The fourth-order valence-corrected chi connectivity index (χ4v) is 3.50. The lowest BCUT2D eigenvalue weighted by Crippen LogP contribution is -2.37. The van der Waals surface area contributed by atoms with Crippen molar-refractivity contribution >= 4 is 15.7 Å². The van der Waals surface area contributed by atoms with Crippen LogP contribution in [0.4, 0.5) is 0 Å². The van der Waals surface area contributed by atoms with E-state index in [1.807, 2.05) is 18.2 Å². The minimum atomic E-state index is -3.01. The Morgan fingerprint density at radius 1 is 1.24 bits per heavy atom. The summed E-state index contributed by atoms with van der Waals surface area (Å²) >= 11 is 0. The van der Waals surface area contributed by atoms with Gasteiger partial charge in [0.25, 0.3) is 5.91 Å². The summed E-state index contributed by atoms with van der Waals surface area (Å²) in [5.74, 6) is 0.570. The summed E-state index contributed by atoms with van der Waals surface area (Å²) in [4.78, 5) is 13.7. The highest BCUT2D eigenvalue weighted by Crippen LogP contribution is 2.17. The molecule has 0 radical (unpaired) electrons.